The van der Waals surface area contributed by atoms with Crippen LogP contribution in [0, 0.1) is 5.82 Å². The Morgan fingerprint density at radius 1 is 1.16 bits per heavy atom. The molecule has 0 spiro atoms. The second kappa shape index (κ2) is 5.39. The first kappa shape index (κ1) is 12.9. The molecule has 2 aromatic rings. The highest BCUT2D eigenvalue weighted by atomic mass is 19.1. The van der Waals surface area contributed by atoms with Gasteiger partial charge < -0.3 is 5.73 Å². The Labute approximate surface area is 109 Å². The molecule has 1 aromatic carbocycles. The summed E-state index contributed by atoms with van der Waals surface area (Å²) >= 11 is 0. The Morgan fingerprint density at radius 3 is 2.58 bits per heavy atom. The van der Waals surface area contributed by atoms with E-state index in [0.29, 0.717) is 5.56 Å². The van der Waals surface area contributed by atoms with Gasteiger partial charge in [-0.1, -0.05) is 12.1 Å². The number of amides is 1. The summed E-state index contributed by atoms with van der Waals surface area (Å²) in [6, 6.07) is 8.93. The third-order valence-electron chi connectivity index (χ3n) is 2.64. The molecule has 0 saturated carbocycles. The van der Waals surface area contributed by atoms with Crippen molar-refractivity contribution in [3.8, 4) is 0 Å². The Hall–Kier alpha value is -2.56. The lowest BCUT2D eigenvalue weighted by molar-refractivity contribution is -0.683. The topological polar surface area (TPSA) is 64.0 Å². The van der Waals surface area contributed by atoms with E-state index in [2.05, 4.69) is 0 Å². The van der Waals surface area contributed by atoms with Gasteiger partial charge in [0, 0.05) is 6.07 Å². The van der Waals surface area contributed by atoms with Gasteiger partial charge in [-0.2, -0.15) is 4.57 Å². The summed E-state index contributed by atoms with van der Waals surface area (Å²) in [5.41, 5.74) is 5.47. The van der Waals surface area contributed by atoms with Gasteiger partial charge in [-0.15, -0.1) is 0 Å². The summed E-state index contributed by atoms with van der Waals surface area (Å²) in [5, 5.41) is 0. The summed E-state index contributed by atoms with van der Waals surface area (Å²) in [6.07, 6.45) is 3.08. The molecular weight excluding hydrogens is 247 g/mol. The highest BCUT2D eigenvalue weighted by molar-refractivity contribution is 5.95. The number of primary amides is 1. The highest BCUT2D eigenvalue weighted by Gasteiger charge is 2.16. The molecule has 2 N–H and O–H groups in total. The molecule has 96 valence electrons. The lowest BCUT2D eigenvalue weighted by atomic mass is 10.1. The molecule has 1 amide bonds. The Kier molecular flexibility index (Phi) is 3.66. The van der Waals surface area contributed by atoms with Crippen LogP contribution >= 0.6 is 0 Å². The molecule has 0 radical (unpaired) electrons. The van der Waals surface area contributed by atoms with E-state index in [0.717, 1.165) is 0 Å². The molecule has 0 saturated heterocycles. The SMILES string of the molecule is NC(=O)c1ccc[n+](CC(=O)c2ccccc2F)c1. The van der Waals surface area contributed by atoms with Crippen molar-refractivity contribution in [1.82, 2.24) is 0 Å². The van der Waals surface area contributed by atoms with Crippen LogP contribution in [0.1, 0.15) is 20.7 Å². The summed E-state index contributed by atoms with van der Waals surface area (Å²) in [5.74, 6) is -1.50. The molecule has 2 rings (SSSR count). The van der Waals surface area contributed by atoms with Crippen molar-refractivity contribution in [2.24, 2.45) is 5.73 Å². The Balaban J connectivity index is 2.22. The number of hydrogen-bond donors (Lipinski definition) is 1. The molecule has 5 heteroatoms. The minimum absolute atomic E-state index is 0.0273. The number of nitrogens with two attached hydrogens (primary N) is 1. The normalized spacial score (nSPS) is 10.2. The molecule has 1 heterocycles. The lowest BCUT2D eigenvalue weighted by Gasteiger charge is -2.00. The van der Waals surface area contributed by atoms with Gasteiger partial charge in [0.25, 0.3) is 5.91 Å². The number of carbonyl (C=O) groups is 2. The van der Waals surface area contributed by atoms with Gasteiger partial charge in [0.05, 0.1) is 5.56 Å². The number of benzene rings is 1. The zero-order chi connectivity index (χ0) is 13.8. The van der Waals surface area contributed by atoms with E-state index in [9.17, 15) is 14.0 Å². The van der Waals surface area contributed by atoms with Gasteiger partial charge in [0.2, 0.25) is 12.3 Å². The van der Waals surface area contributed by atoms with E-state index < -0.39 is 11.7 Å². The summed E-state index contributed by atoms with van der Waals surface area (Å²) < 4.78 is 14.9. The zero-order valence-corrected chi connectivity index (χ0v) is 10.0. The molecule has 0 atom stereocenters. The van der Waals surface area contributed by atoms with Crippen LogP contribution in [0.15, 0.2) is 48.8 Å². The number of pyridine rings is 1. The third kappa shape index (κ3) is 3.01. The van der Waals surface area contributed by atoms with E-state index >= 15 is 0 Å². The highest BCUT2D eigenvalue weighted by Crippen LogP contribution is 2.07. The average molecular weight is 259 g/mol. The summed E-state index contributed by atoms with van der Waals surface area (Å²) in [6.45, 7) is -0.0535. The van der Waals surface area contributed by atoms with Gasteiger partial charge in [-0.05, 0) is 18.2 Å². The fourth-order valence-corrected chi connectivity index (χ4v) is 1.70. The first-order chi connectivity index (χ1) is 9.08. The van der Waals surface area contributed by atoms with Crippen LogP contribution in [0.3, 0.4) is 0 Å². The molecule has 0 aliphatic rings. The maximum Gasteiger partial charge on any atom is 0.254 e. The predicted molar refractivity (Wildman–Crippen MR) is 65.9 cm³/mol. The molecular formula is C14H12FN2O2+. The van der Waals surface area contributed by atoms with Crippen LogP contribution in [0.25, 0.3) is 0 Å². The number of ketones is 1. The molecule has 0 aliphatic carbocycles. The monoisotopic (exact) mass is 259 g/mol. The summed E-state index contributed by atoms with van der Waals surface area (Å²) in [4.78, 5) is 23.0. The Morgan fingerprint density at radius 2 is 1.89 bits per heavy atom. The number of nitrogens with zero attached hydrogens (tertiary/aromatic N) is 1. The molecule has 0 bridgehead atoms. The Bertz CT molecular complexity index is 641. The minimum Gasteiger partial charge on any atom is -0.365 e. The van der Waals surface area contributed by atoms with Crippen molar-refractivity contribution < 1.29 is 18.5 Å². The van der Waals surface area contributed by atoms with E-state index in [1.165, 1.54) is 29.0 Å². The summed E-state index contributed by atoms with van der Waals surface area (Å²) in [7, 11) is 0. The van der Waals surface area contributed by atoms with Crippen molar-refractivity contribution in [3.63, 3.8) is 0 Å². The zero-order valence-electron chi connectivity index (χ0n) is 10.0. The van der Waals surface area contributed by atoms with E-state index in [1.807, 2.05) is 0 Å². The smallest absolute Gasteiger partial charge is 0.254 e. The quantitative estimate of drug-likeness (QED) is 0.660. The van der Waals surface area contributed by atoms with Crippen molar-refractivity contribution in [1.29, 1.82) is 0 Å². The van der Waals surface area contributed by atoms with Crippen LogP contribution in [-0.4, -0.2) is 11.7 Å². The van der Waals surface area contributed by atoms with Crippen molar-refractivity contribution in [2.75, 3.05) is 0 Å². The van der Waals surface area contributed by atoms with Gasteiger partial charge in [-0.3, -0.25) is 9.59 Å². The predicted octanol–water partition coefficient (Wildman–Crippen LogP) is 1.09. The molecule has 4 nitrogen and oxygen atoms in total. The molecule has 0 fully saturated rings. The number of carbonyl (C=O) groups excluding carboxylic acids is 2. The molecule has 1 aromatic heterocycles. The van der Waals surface area contributed by atoms with Crippen molar-refractivity contribution >= 4 is 11.7 Å². The number of aromatic nitrogens is 1. The largest absolute Gasteiger partial charge is 0.365 e. The fraction of sp³-hybridized carbons (Fsp3) is 0.0714. The number of hydrogen-bond acceptors (Lipinski definition) is 2. The van der Waals surface area contributed by atoms with E-state index in [4.69, 9.17) is 5.73 Å². The van der Waals surface area contributed by atoms with Crippen LogP contribution in [0.2, 0.25) is 0 Å². The first-order valence-electron chi connectivity index (χ1n) is 5.64. The first-order valence-corrected chi connectivity index (χ1v) is 5.64. The van der Waals surface area contributed by atoms with Gasteiger partial charge in [-0.25, -0.2) is 4.39 Å². The number of rotatable bonds is 4. The van der Waals surface area contributed by atoms with Gasteiger partial charge >= 0.3 is 0 Å². The van der Waals surface area contributed by atoms with Gasteiger partial charge in [0.15, 0.2) is 12.4 Å². The average Bonchev–Trinajstić information content (AvgIpc) is 2.39. The van der Waals surface area contributed by atoms with E-state index in [1.54, 1.807) is 24.4 Å². The fourth-order valence-electron chi connectivity index (χ4n) is 1.70. The lowest BCUT2D eigenvalue weighted by Crippen LogP contribution is -2.38. The van der Waals surface area contributed by atoms with Crippen LogP contribution < -0.4 is 10.3 Å². The molecule has 0 aliphatic heterocycles. The molecule has 0 unspecified atom stereocenters. The second-order valence-corrected chi connectivity index (χ2v) is 4.03. The van der Waals surface area contributed by atoms with Crippen molar-refractivity contribution in [2.45, 2.75) is 6.54 Å². The molecule has 19 heavy (non-hydrogen) atoms. The van der Waals surface area contributed by atoms with Crippen molar-refractivity contribution in [3.05, 3.63) is 65.7 Å². The van der Waals surface area contributed by atoms with Crippen LogP contribution in [-0.2, 0) is 6.54 Å². The van der Waals surface area contributed by atoms with Gasteiger partial charge in [0.1, 0.15) is 11.4 Å². The second-order valence-electron chi connectivity index (χ2n) is 4.03. The minimum atomic E-state index is -0.576. The third-order valence-corrected chi connectivity index (χ3v) is 2.64. The maximum absolute atomic E-state index is 13.4. The van der Waals surface area contributed by atoms with E-state index in [-0.39, 0.29) is 17.9 Å². The standard InChI is InChI=1S/C14H11FN2O2/c15-12-6-2-1-5-11(12)13(18)9-17-7-3-4-10(8-17)14(16)19/h1-8H,9H2,(H-,16,19)/p+1. The van der Waals surface area contributed by atoms with Crippen LogP contribution in [0.5, 0.6) is 0 Å². The number of halogens is 1. The maximum atomic E-state index is 13.4. The number of Topliss-reactive ketones (excluding diaryl/α,β-unsaturated/α-hetero) is 1. The van der Waals surface area contributed by atoms with Crippen LogP contribution in [0.4, 0.5) is 4.39 Å².